The van der Waals surface area contributed by atoms with E-state index >= 15 is 0 Å². The molecule has 0 unspecified atom stereocenters. The van der Waals surface area contributed by atoms with Crippen LogP contribution in [0.25, 0.3) is 0 Å². The molecule has 1 fully saturated rings. The molecule has 3 nitrogen and oxygen atoms in total. The Bertz CT molecular complexity index is 731. The van der Waals surface area contributed by atoms with Crippen LogP contribution < -0.4 is 5.56 Å². The summed E-state index contributed by atoms with van der Waals surface area (Å²) in [5, 5.41) is 0. The number of aromatic nitrogens is 2. The van der Waals surface area contributed by atoms with Crippen LogP contribution in [0.3, 0.4) is 0 Å². The summed E-state index contributed by atoms with van der Waals surface area (Å²) in [5.74, 6) is 6.85. The van der Waals surface area contributed by atoms with Gasteiger partial charge in [-0.1, -0.05) is 11.8 Å². The highest BCUT2D eigenvalue weighted by molar-refractivity contribution is 5.36. The first-order valence-electron chi connectivity index (χ1n) is 6.84. The van der Waals surface area contributed by atoms with Crippen molar-refractivity contribution in [3.05, 3.63) is 63.8 Å². The topological polar surface area (TPSA) is 34.9 Å². The molecular weight excluding hydrogens is 248 g/mol. The Balaban J connectivity index is 1.89. The van der Waals surface area contributed by atoms with Crippen LogP contribution in [-0.4, -0.2) is 9.55 Å². The van der Waals surface area contributed by atoms with Gasteiger partial charge in [-0.2, -0.15) is 0 Å². The van der Waals surface area contributed by atoms with Crippen LogP contribution in [0.2, 0.25) is 0 Å². The number of aryl methyl sites for hydroxylation is 1. The van der Waals surface area contributed by atoms with Crippen LogP contribution in [0, 0.1) is 24.7 Å². The first-order chi connectivity index (χ1) is 9.72. The van der Waals surface area contributed by atoms with E-state index in [1.807, 2.05) is 25.1 Å². The van der Waals surface area contributed by atoms with Crippen LogP contribution in [0.4, 0.5) is 0 Å². The fourth-order valence-electron chi connectivity index (χ4n) is 2.09. The van der Waals surface area contributed by atoms with Crippen LogP contribution in [-0.2, 0) is 6.54 Å². The maximum atomic E-state index is 12.2. The number of hydrogen-bond donors (Lipinski definition) is 0. The Hall–Kier alpha value is -2.34. The molecule has 2 aromatic rings. The molecule has 100 valence electrons. The van der Waals surface area contributed by atoms with Gasteiger partial charge in [-0.3, -0.25) is 9.78 Å². The summed E-state index contributed by atoms with van der Waals surface area (Å²) in [7, 11) is 0. The third-order valence-corrected chi connectivity index (χ3v) is 3.42. The second kappa shape index (κ2) is 5.34. The molecule has 0 aliphatic heterocycles. The van der Waals surface area contributed by atoms with E-state index in [1.54, 1.807) is 23.0 Å². The van der Waals surface area contributed by atoms with Crippen molar-refractivity contribution >= 4 is 0 Å². The SMILES string of the molecule is Cc1cc(C#CC2CC2)cc(=O)n1Cc1ccncc1. The van der Waals surface area contributed by atoms with E-state index in [2.05, 4.69) is 16.8 Å². The van der Waals surface area contributed by atoms with E-state index < -0.39 is 0 Å². The largest absolute Gasteiger partial charge is 0.308 e. The smallest absolute Gasteiger partial charge is 0.252 e. The second-order valence-corrected chi connectivity index (χ2v) is 5.21. The summed E-state index contributed by atoms with van der Waals surface area (Å²) in [5.41, 5.74) is 2.84. The number of pyridine rings is 2. The van der Waals surface area contributed by atoms with Gasteiger partial charge in [0.15, 0.2) is 0 Å². The first-order valence-corrected chi connectivity index (χ1v) is 6.84. The predicted molar refractivity (Wildman–Crippen MR) is 78.4 cm³/mol. The van der Waals surface area contributed by atoms with Crippen molar-refractivity contribution in [1.82, 2.24) is 9.55 Å². The van der Waals surface area contributed by atoms with Crippen molar-refractivity contribution in [1.29, 1.82) is 0 Å². The third kappa shape index (κ3) is 2.97. The molecule has 3 rings (SSSR count). The molecule has 1 aliphatic rings. The highest BCUT2D eigenvalue weighted by Gasteiger charge is 2.17. The van der Waals surface area contributed by atoms with Crippen molar-refractivity contribution in [2.75, 3.05) is 0 Å². The molecule has 0 saturated heterocycles. The van der Waals surface area contributed by atoms with Crippen molar-refractivity contribution in [3.63, 3.8) is 0 Å². The molecular formula is C17H16N2O. The van der Waals surface area contributed by atoms with E-state index in [9.17, 15) is 4.79 Å². The zero-order valence-corrected chi connectivity index (χ0v) is 11.5. The lowest BCUT2D eigenvalue weighted by Crippen LogP contribution is -2.22. The molecule has 0 radical (unpaired) electrons. The maximum absolute atomic E-state index is 12.2. The van der Waals surface area contributed by atoms with Gasteiger partial charge in [0.05, 0.1) is 6.54 Å². The summed E-state index contributed by atoms with van der Waals surface area (Å²) in [6, 6.07) is 7.46. The van der Waals surface area contributed by atoms with Gasteiger partial charge in [-0.25, -0.2) is 0 Å². The van der Waals surface area contributed by atoms with Gasteiger partial charge in [0.2, 0.25) is 0 Å². The van der Waals surface area contributed by atoms with Crippen LogP contribution in [0.5, 0.6) is 0 Å². The van der Waals surface area contributed by atoms with Gasteiger partial charge in [0.1, 0.15) is 0 Å². The molecule has 0 aromatic carbocycles. The van der Waals surface area contributed by atoms with Gasteiger partial charge in [0.25, 0.3) is 5.56 Å². The van der Waals surface area contributed by atoms with E-state index in [0.717, 1.165) is 16.8 Å². The zero-order valence-electron chi connectivity index (χ0n) is 11.5. The van der Waals surface area contributed by atoms with Crippen LogP contribution in [0.1, 0.15) is 29.7 Å². The lowest BCUT2D eigenvalue weighted by atomic mass is 10.2. The Labute approximate surface area is 118 Å². The predicted octanol–water partition coefficient (Wildman–Crippen LogP) is 2.36. The lowest BCUT2D eigenvalue weighted by molar-refractivity contribution is 0.728. The Morgan fingerprint density at radius 2 is 2.05 bits per heavy atom. The highest BCUT2D eigenvalue weighted by Crippen LogP contribution is 2.27. The fraction of sp³-hybridized carbons (Fsp3) is 0.294. The number of rotatable bonds is 2. The summed E-state index contributed by atoms with van der Waals surface area (Å²) in [4.78, 5) is 16.2. The molecule has 3 heteroatoms. The first kappa shape index (κ1) is 12.7. The number of hydrogen-bond acceptors (Lipinski definition) is 2. The minimum Gasteiger partial charge on any atom is -0.308 e. The van der Waals surface area contributed by atoms with Crippen LogP contribution >= 0.6 is 0 Å². The molecule has 0 amide bonds. The molecule has 1 saturated carbocycles. The van der Waals surface area contributed by atoms with Gasteiger partial charge >= 0.3 is 0 Å². The van der Waals surface area contributed by atoms with Gasteiger partial charge in [0, 0.05) is 35.6 Å². The zero-order chi connectivity index (χ0) is 13.9. The maximum Gasteiger partial charge on any atom is 0.252 e. The van der Waals surface area contributed by atoms with Crippen molar-refractivity contribution in [2.24, 2.45) is 5.92 Å². The van der Waals surface area contributed by atoms with Crippen molar-refractivity contribution < 1.29 is 0 Å². The number of nitrogens with zero attached hydrogens (tertiary/aromatic N) is 2. The van der Waals surface area contributed by atoms with E-state index in [1.165, 1.54) is 12.8 Å². The summed E-state index contributed by atoms with van der Waals surface area (Å²) in [6.07, 6.45) is 5.88. The fourth-order valence-corrected chi connectivity index (χ4v) is 2.09. The average molecular weight is 264 g/mol. The molecule has 2 heterocycles. The van der Waals surface area contributed by atoms with E-state index in [0.29, 0.717) is 12.5 Å². The molecule has 2 aromatic heterocycles. The minimum absolute atomic E-state index is 0.00177. The third-order valence-electron chi connectivity index (χ3n) is 3.42. The molecule has 1 aliphatic carbocycles. The Morgan fingerprint density at radius 3 is 2.70 bits per heavy atom. The standard InChI is InChI=1S/C17H16N2O/c1-13-10-16(5-4-14-2-3-14)11-17(20)19(13)12-15-6-8-18-9-7-15/h6-11,14H,2-3,12H2,1H3. The highest BCUT2D eigenvalue weighted by atomic mass is 16.1. The van der Waals surface area contributed by atoms with Crippen LogP contribution in [0.15, 0.2) is 41.5 Å². The van der Waals surface area contributed by atoms with Gasteiger partial charge in [-0.15, -0.1) is 0 Å². The monoisotopic (exact) mass is 264 g/mol. The van der Waals surface area contributed by atoms with Gasteiger partial charge < -0.3 is 4.57 Å². The lowest BCUT2D eigenvalue weighted by Gasteiger charge is -2.10. The minimum atomic E-state index is 0.00177. The molecule has 0 bridgehead atoms. The summed E-state index contributed by atoms with van der Waals surface area (Å²) < 4.78 is 1.76. The normalized spacial score (nSPS) is 13.7. The second-order valence-electron chi connectivity index (χ2n) is 5.21. The van der Waals surface area contributed by atoms with Gasteiger partial charge in [-0.05, 0) is 43.5 Å². The Morgan fingerprint density at radius 1 is 1.30 bits per heavy atom. The van der Waals surface area contributed by atoms with Crippen molar-refractivity contribution in [3.8, 4) is 11.8 Å². The summed E-state index contributed by atoms with van der Waals surface area (Å²) >= 11 is 0. The molecule has 20 heavy (non-hydrogen) atoms. The molecule has 0 spiro atoms. The quantitative estimate of drug-likeness (QED) is 0.780. The van der Waals surface area contributed by atoms with Crippen molar-refractivity contribution in [2.45, 2.75) is 26.3 Å². The van der Waals surface area contributed by atoms with E-state index in [4.69, 9.17) is 0 Å². The van der Waals surface area contributed by atoms with E-state index in [-0.39, 0.29) is 5.56 Å². The Kier molecular flexibility index (Phi) is 3.39. The molecule has 0 N–H and O–H groups in total. The molecule has 0 atom stereocenters. The summed E-state index contributed by atoms with van der Waals surface area (Å²) in [6.45, 7) is 2.52. The average Bonchev–Trinajstić information content (AvgIpc) is 3.26.